The summed E-state index contributed by atoms with van der Waals surface area (Å²) in [6, 6.07) is 72.1. The molecule has 0 radical (unpaired) electrons. The molecule has 0 heteroatoms. The van der Waals surface area contributed by atoms with Crippen LogP contribution in [0.25, 0.3) is 109 Å². The second-order valence-electron chi connectivity index (χ2n) is 14.0. The van der Waals surface area contributed by atoms with Gasteiger partial charge in [-0.25, -0.2) is 0 Å². The Bertz CT molecular complexity index is 3230. The van der Waals surface area contributed by atoms with E-state index in [1.54, 1.807) is 0 Å². The first-order valence-corrected chi connectivity index (χ1v) is 18.1. The summed E-state index contributed by atoms with van der Waals surface area (Å²) in [5.41, 5.74) is 7.56. The first-order valence-electron chi connectivity index (χ1n) is 18.1. The van der Waals surface area contributed by atoms with E-state index in [0.717, 1.165) is 0 Å². The third-order valence-electron chi connectivity index (χ3n) is 11.2. The molecule has 240 valence electrons. The van der Waals surface area contributed by atoms with Gasteiger partial charge in [0.2, 0.25) is 0 Å². The van der Waals surface area contributed by atoms with Crippen LogP contribution in [0.2, 0.25) is 0 Å². The van der Waals surface area contributed by atoms with Gasteiger partial charge < -0.3 is 0 Å². The smallest absolute Gasteiger partial charge is 0.00201 e. The molecule has 0 fully saturated rings. The van der Waals surface area contributed by atoms with Crippen LogP contribution in [0.4, 0.5) is 0 Å². The van der Waals surface area contributed by atoms with Gasteiger partial charge in [-0.3, -0.25) is 0 Å². The van der Waals surface area contributed by atoms with Gasteiger partial charge in [0.25, 0.3) is 0 Å². The minimum atomic E-state index is 1.23. The molecule has 0 unspecified atom stereocenters. The van der Waals surface area contributed by atoms with Crippen LogP contribution >= 0.6 is 0 Å². The summed E-state index contributed by atoms with van der Waals surface area (Å²) in [6.45, 7) is 0. The molecule has 0 heterocycles. The highest BCUT2D eigenvalue weighted by atomic mass is 14.2. The molecule has 0 aliphatic carbocycles. The van der Waals surface area contributed by atoms with Crippen molar-refractivity contribution in [2.75, 3.05) is 0 Å². The number of rotatable bonds is 3. The molecule has 0 aliphatic rings. The van der Waals surface area contributed by atoms with Gasteiger partial charge in [-0.15, -0.1) is 0 Å². The van der Waals surface area contributed by atoms with Crippen molar-refractivity contribution >= 4 is 75.4 Å². The standard InChI is InChI=1S/C52H32/c1-2-15-36-30-38(25-24-33(36)12-1)51-44-21-9-10-22-45(44)52(43-23-11-17-34-13-3-6-18-40(34)43)47-29-27-39(32-49(47)51)50-42-20-8-5-16-37(42)31-48-41-19-7-4-14-35(41)26-28-46(48)50/h1-32H. The zero-order valence-electron chi connectivity index (χ0n) is 28.5. The molecular weight excluding hydrogens is 625 g/mol. The molecule has 0 atom stereocenters. The Morgan fingerprint density at radius 3 is 1.48 bits per heavy atom. The average Bonchev–Trinajstić information content (AvgIpc) is 3.21. The molecule has 0 saturated heterocycles. The zero-order valence-corrected chi connectivity index (χ0v) is 28.5. The Balaban J connectivity index is 1.31. The van der Waals surface area contributed by atoms with Crippen molar-refractivity contribution in [3.63, 3.8) is 0 Å². The van der Waals surface area contributed by atoms with E-state index in [9.17, 15) is 0 Å². The predicted molar refractivity (Wildman–Crippen MR) is 225 cm³/mol. The quantitative estimate of drug-likeness (QED) is 0.131. The maximum atomic E-state index is 2.48. The average molecular weight is 657 g/mol. The lowest BCUT2D eigenvalue weighted by molar-refractivity contribution is 1.67. The SMILES string of the molecule is c1ccc2cc(-c3c4ccccc4c(-c4cccc5ccccc45)c4ccc(-c5c6ccccc6cc6c5ccc5ccccc56)cc34)ccc2c1. The monoisotopic (exact) mass is 656 g/mol. The van der Waals surface area contributed by atoms with E-state index in [0.29, 0.717) is 0 Å². The third kappa shape index (κ3) is 4.35. The number of hydrogen-bond donors (Lipinski definition) is 0. The van der Waals surface area contributed by atoms with Crippen LogP contribution in [-0.2, 0) is 0 Å². The molecule has 0 saturated carbocycles. The molecule has 0 spiro atoms. The molecule has 0 aromatic heterocycles. The van der Waals surface area contributed by atoms with Crippen LogP contribution in [-0.4, -0.2) is 0 Å². The second kappa shape index (κ2) is 11.4. The molecule has 11 rings (SSSR count). The van der Waals surface area contributed by atoms with Crippen molar-refractivity contribution in [1.29, 1.82) is 0 Å². The van der Waals surface area contributed by atoms with Crippen LogP contribution in [0.3, 0.4) is 0 Å². The Morgan fingerprint density at radius 2 is 0.673 bits per heavy atom. The van der Waals surface area contributed by atoms with Crippen molar-refractivity contribution in [2.45, 2.75) is 0 Å². The summed E-state index contributed by atoms with van der Waals surface area (Å²) in [4.78, 5) is 0. The van der Waals surface area contributed by atoms with E-state index < -0.39 is 0 Å². The van der Waals surface area contributed by atoms with Crippen LogP contribution in [0.1, 0.15) is 0 Å². The van der Waals surface area contributed by atoms with Crippen LogP contribution in [0.5, 0.6) is 0 Å². The van der Waals surface area contributed by atoms with Crippen molar-refractivity contribution in [2.24, 2.45) is 0 Å². The normalized spacial score (nSPS) is 11.8. The minimum Gasteiger partial charge on any atom is -0.0616 e. The maximum absolute atomic E-state index is 2.48. The lowest BCUT2D eigenvalue weighted by atomic mass is 9.82. The number of benzene rings is 11. The zero-order chi connectivity index (χ0) is 34.2. The van der Waals surface area contributed by atoms with Crippen LogP contribution in [0, 0.1) is 0 Å². The molecular formula is C52H32. The first-order chi connectivity index (χ1) is 25.8. The van der Waals surface area contributed by atoms with Crippen molar-refractivity contribution in [3.8, 4) is 33.4 Å². The van der Waals surface area contributed by atoms with Gasteiger partial charge in [0.05, 0.1) is 0 Å². The fourth-order valence-electron chi connectivity index (χ4n) is 8.85. The second-order valence-corrected chi connectivity index (χ2v) is 14.0. The Labute approximate surface area is 301 Å². The molecule has 11 aromatic rings. The predicted octanol–water partition coefficient (Wildman–Crippen LogP) is 14.8. The highest BCUT2D eigenvalue weighted by Gasteiger charge is 2.20. The van der Waals surface area contributed by atoms with Gasteiger partial charge in [-0.05, 0) is 127 Å². The topological polar surface area (TPSA) is 0 Å². The first kappa shape index (κ1) is 29.0. The Hall–Kier alpha value is -6.76. The highest BCUT2D eigenvalue weighted by Crippen LogP contribution is 2.48. The molecule has 0 nitrogen and oxygen atoms in total. The Kier molecular flexibility index (Phi) is 6.35. The summed E-state index contributed by atoms with van der Waals surface area (Å²) >= 11 is 0. The van der Waals surface area contributed by atoms with E-state index in [4.69, 9.17) is 0 Å². The summed E-state index contributed by atoms with van der Waals surface area (Å²) in [6.07, 6.45) is 0. The maximum Gasteiger partial charge on any atom is -0.00201 e. The van der Waals surface area contributed by atoms with Gasteiger partial charge in [-0.1, -0.05) is 176 Å². The minimum absolute atomic E-state index is 1.23. The highest BCUT2D eigenvalue weighted by molar-refractivity contribution is 6.26. The fraction of sp³-hybridized carbons (Fsp3) is 0. The molecule has 0 N–H and O–H groups in total. The summed E-state index contributed by atoms with van der Waals surface area (Å²) < 4.78 is 0. The largest absolute Gasteiger partial charge is 0.0616 e. The summed E-state index contributed by atoms with van der Waals surface area (Å²) in [5.74, 6) is 0. The summed E-state index contributed by atoms with van der Waals surface area (Å²) in [7, 11) is 0. The van der Waals surface area contributed by atoms with Gasteiger partial charge in [0, 0.05) is 0 Å². The molecule has 52 heavy (non-hydrogen) atoms. The van der Waals surface area contributed by atoms with E-state index in [1.165, 1.54) is 109 Å². The van der Waals surface area contributed by atoms with Crippen molar-refractivity contribution in [3.05, 3.63) is 194 Å². The van der Waals surface area contributed by atoms with Crippen LogP contribution in [0.15, 0.2) is 194 Å². The van der Waals surface area contributed by atoms with E-state index in [1.807, 2.05) is 0 Å². The fourth-order valence-corrected chi connectivity index (χ4v) is 8.85. The lowest BCUT2D eigenvalue weighted by Crippen LogP contribution is -1.93. The third-order valence-corrected chi connectivity index (χ3v) is 11.2. The van der Waals surface area contributed by atoms with E-state index >= 15 is 0 Å². The van der Waals surface area contributed by atoms with E-state index in [2.05, 4.69) is 194 Å². The van der Waals surface area contributed by atoms with Crippen LogP contribution < -0.4 is 0 Å². The van der Waals surface area contributed by atoms with Gasteiger partial charge in [0.15, 0.2) is 0 Å². The van der Waals surface area contributed by atoms with E-state index in [-0.39, 0.29) is 0 Å². The van der Waals surface area contributed by atoms with Gasteiger partial charge >= 0.3 is 0 Å². The van der Waals surface area contributed by atoms with Crippen molar-refractivity contribution < 1.29 is 0 Å². The number of fused-ring (bicyclic) bond motifs is 8. The molecule has 0 bridgehead atoms. The summed E-state index contributed by atoms with van der Waals surface area (Å²) in [5, 5.41) is 17.7. The lowest BCUT2D eigenvalue weighted by Gasteiger charge is -2.21. The molecule has 11 aromatic carbocycles. The molecule has 0 amide bonds. The molecule has 0 aliphatic heterocycles. The Morgan fingerprint density at radius 1 is 0.192 bits per heavy atom. The number of hydrogen-bond acceptors (Lipinski definition) is 0. The van der Waals surface area contributed by atoms with Gasteiger partial charge in [0.1, 0.15) is 0 Å². The van der Waals surface area contributed by atoms with Gasteiger partial charge in [-0.2, -0.15) is 0 Å². The van der Waals surface area contributed by atoms with Crippen molar-refractivity contribution in [1.82, 2.24) is 0 Å².